The van der Waals surface area contributed by atoms with Crippen LogP contribution in [0.5, 0.6) is 0 Å². The van der Waals surface area contributed by atoms with E-state index in [0.717, 1.165) is 0 Å². The van der Waals surface area contributed by atoms with Crippen LogP contribution in [0.25, 0.3) is 5.73 Å². The Kier molecular flexibility index (Phi) is 9.58. The second-order valence-electron chi connectivity index (χ2n) is 0.379. The molecule has 0 aromatic carbocycles. The third-order valence-electron chi connectivity index (χ3n) is 0.0829. The molecular formula is CH2NOS2Zn-. The molecule has 6 heavy (non-hydrogen) atoms. The molecule has 0 fully saturated rings. The zero-order valence-electron chi connectivity index (χ0n) is 2.97. The smallest absolute Gasteiger partial charge is 0.117 e. The SMILES string of the molecule is [NH-]C(=O)SS.[Zn]. The van der Waals surface area contributed by atoms with Crippen LogP contribution in [0.4, 0.5) is 4.79 Å². The normalized spacial score (nSPS) is 6.17. The van der Waals surface area contributed by atoms with Crippen molar-refractivity contribution in [2.24, 2.45) is 0 Å². The van der Waals surface area contributed by atoms with Gasteiger partial charge >= 0.3 is 0 Å². The van der Waals surface area contributed by atoms with Crippen molar-refractivity contribution in [2.75, 3.05) is 0 Å². The summed E-state index contributed by atoms with van der Waals surface area (Å²) >= 11 is 3.40. The van der Waals surface area contributed by atoms with E-state index in [1.165, 1.54) is 0 Å². The molecule has 0 unspecified atom stereocenters. The van der Waals surface area contributed by atoms with Gasteiger partial charge in [-0.1, -0.05) is 0 Å². The minimum absolute atomic E-state index is 0. The predicted octanol–water partition coefficient (Wildman–Crippen LogP) is 1.73. The van der Waals surface area contributed by atoms with Gasteiger partial charge < -0.3 is 10.5 Å². The van der Waals surface area contributed by atoms with Crippen molar-refractivity contribution >= 4 is 27.7 Å². The van der Waals surface area contributed by atoms with Crippen LogP contribution in [0.1, 0.15) is 0 Å². The van der Waals surface area contributed by atoms with E-state index < -0.39 is 5.24 Å². The number of hydrogen-bond donors (Lipinski definition) is 1. The number of amides is 1. The molecule has 0 aliphatic rings. The van der Waals surface area contributed by atoms with Crippen molar-refractivity contribution in [1.29, 1.82) is 0 Å². The fourth-order valence-electron chi connectivity index (χ4n) is 0. The molecule has 0 rings (SSSR count). The molecule has 1 amide bonds. The Labute approximate surface area is 57.8 Å². The van der Waals surface area contributed by atoms with Crippen LogP contribution in [-0.4, -0.2) is 5.24 Å². The van der Waals surface area contributed by atoms with Gasteiger partial charge in [0.05, 0.1) is 0 Å². The first-order chi connectivity index (χ1) is 2.27. The first-order valence-electron chi connectivity index (χ1n) is 0.841. The predicted molar refractivity (Wildman–Crippen MR) is 26.3 cm³/mol. The van der Waals surface area contributed by atoms with Crippen LogP contribution in [0.15, 0.2) is 0 Å². The number of hydrogen-bond acceptors (Lipinski definition) is 3. The van der Waals surface area contributed by atoms with E-state index in [9.17, 15) is 4.79 Å². The van der Waals surface area contributed by atoms with Crippen LogP contribution in [-0.2, 0) is 19.5 Å². The molecule has 1 N–H and O–H groups in total. The number of carbonyl (C=O) groups is 1. The number of thiol groups is 1. The molecular weight excluding hydrogens is 172 g/mol. The van der Waals surface area contributed by atoms with E-state index >= 15 is 0 Å². The van der Waals surface area contributed by atoms with Crippen molar-refractivity contribution in [1.82, 2.24) is 0 Å². The van der Waals surface area contributed by atoms with Crippen molar-refractivity contribution in [3.63, 3.8) is 0 Å². The Morgan fingerprint density at radius 2 is 2.00 bits per heavy atom. The average molecular weight is 174 g/mol. The second-order valence-corrected chi connectivity index (χ2v) is 1.48. The van der Waals surface area contributed by atoms with Crippen LogP contribution in [0.2, 0.25) is 0 Å². The molecule has 0 saturated heterocycles. The molecule has 0 spiro atoms. The molecule has 0 saturated carbocycles. The topological polar surface area (TPSA) is 40.9 Å². The molecule has 0 aliphatic carbocycles. The fraction of sp³-hybridized carbons (Fsp3) is 0. The van der Waals surface area contributed by atoms with Crippen molar-refractivity contribution in [3.05, 3.63) is 5.73 Å². The summed E-state index contributed by atoms with van der Waals surface area (Å²) in [5, 5.41) is -0.715. The third-order valence-corrected chi connectivity index (χ3v) is 0.746. The molecule has 0 bridgehead atoms. The molecule has 0 atom stereocenters. The summed E-state index contributed by atoms with van der Waals surface area (Å²) < 4.78 is 0. The standard InChI is InChI=1S/CH3NOS2.Zn/c2-1(3)5-4;/h(H3,2,3,4);/p-1. The van der Waals surface area contributed by atoms with Crippen LogP contribution in [0, 0.1) is 0 Å². The van der Waals surface area contributed by atoms with Crippen molar-refractivity contribution in [3.8, 4) is 0 Å². The summed E-state index contributed by atoms with van der Waals surface area (Å²) in [6, 6.07) is 0. The maximum Gasteiger partial charge on any atom is 0.117 e. The van der Waals surface area contributed by atoms with E-state index in [2.05, 4.69) is 11.7 Å². The van der Waals surface area contributed by atoms with Crippen LogP contribution in [0.3, 0.4) is 0 Å². The molecule has 32 valence electrons. The van der Waals surface area contributed by atoms with Gasteiger partial charge in [0.1, 0.15) is 5.24 Å². The minimum atomic E-state index is -0.715. The first kappa shape index (κ1) is 9.92. The summed E-state index contributed by atoms with van der Waals surface area (Å²) in [7, 11) is 0.602. The summed E-state index contributed by atoms with van der Waals surface area (Å²) in [6.07, 6.45) is 0. The van der Waals surface area contributed by atoms with E-state index in [0.29, 0.717) is 10.8 Å². The quantitative estimate of drug-likeness (QED) is 0.344. The monoisotopic (exact) mass is 172 g/mol. The van der Waals surface area contributed by atoms with Gasteiger partial charge in [-0.2, -0.15) is 0 Å². The van der Waals surface area contributed by atoms with Gasteiger partial charge in [0.15, 0.2) is 0 Å². The van der Waals surface area contributed by atoms with Gasteiger partial charge in [-0.25, -0.2) is 0 Å². The van der Waals surface area contributed by atoms with Crippen LogP contribution < -0.4 is 0 Å². The van der Waals surface area contributed by atoms with Gasteiger partial charge in [-0.05, 0) is 10.8 Å². The summed E-state index contributed by atoms with van der Waals surface area (Å²) in [6.45, 7) is 0. The summed E-state index contributed by atoms with van der Waals surface area (Å²) in [5.74, 6) is 0. The molecule has 0 heterocycles. The molecule has 0 aliphatic heterocycles. The number of nitrogens with one attached hydrogen (secondary N) is 1. The number of rotatable bonds is 0. The molecule has 0 aromatic heterocycles. The van der Waals surface area contributed by atoms with E-state index in [4.69, 9.17) is 5.73 Å². The summed E-state index contributed by atoms with van der Waals surface area (Å²) in [4.78, 5) is 9.37. The molecule has 2 nitrogen and oxygen atoms in total. The second kappa shape index (κ2) is 5.79. The Morgan fingerprint density at radius 1 is 1.83 bits per heavy atom. The zero-order valence-corrected chi connectivity index (χ0v) is 7.65. The largest absolute Gasteiger partial charge is 0.658 e. The Hall–Kier alpha value is 0.793. The van der Waals surface area contributed by atoms with Gasteiger partial charge in [-0.3, -0.25) is 0 Å². The Morgan fingerprint density at radius 3 is 2.00 bits per heavy atom. The van der Waals surface area contributed by atoms with Gasteiger partial charge in [-0.15, -0.1) is 11.7 Å². The van der Waals surface area contributed by atoms with Crippen molar-refractivity contribution < 1.29 is 24.3 Å². The zero-order chi connectivity index (χ0) is 4.28. The Balaban J connectivity index is 0. The number of carbonyl (C=O) groups excluding carboxylic acids is 1. The average Bonchev–Trinajstić information content (AvgIpc) is 1.38. The van der Waals surface area contributed by atoms with Gasteiger partial charge in [0.2, 0.25) is 0 Å². The van der Waals surface area contributed by atoms with E-state index in [1.807, 2.05) is 0 Å². The van der Waals surface area contributed by atoms with Gasteiger partial charge in [0.25, 0.3) is 0 Å². The molecule has 0 radical (unpaired) electrons. The van der Waals surface area contributed by atoms with E-state index in [1.54, 1.807) is 0 Å². The first-order valence-corrected chi connectivity index (χ1v) is 2.71. The minimum Gasteiger partial charge on any atom is -0.658 e. The molecule has 0 aromatic rings. The fourth-order valence-corrected chi connectivity index (χ4v) is 0. The van der Waals surface area contributed by atoms with Crippen LogP contribution >= 0.6 is 22.5 Å². The maximum atomic E-state index is 9.37. The third kappa shape index (κ3) is 8.84. The molecule has 5 heteroatoms. The summed E-state index contributed by atoms with van der Waals surface area (Å²) in [5.41, 5.74) is 6.07. The maximum absolute atomic E-state index is 9.37. The van der Waals surface area contributed by atoms with Gasteiger partial charge in [0, 0.05) is 19.5 Å². The van der Waals surface area contributed by atoms with E-state index in [-0.39, 0.29) is 19.5 Å². The Bertz CT molecular complexity index is 48.8. The van der Waals surface area contributed by atoms with Crippen molar-refractivity contribution in [2.45, 2.75) is 0 Å².